The molecule has 0 atom stereocenters. The van der Waals surface area contributed by atoms with Gasteiger partial charge >= 0.3 is 16.6 Å². The summed E-state index contributed by atoms with van der Waals surface area (Å²) in [6, 6.07) is 4.69. The lowest BCUT2D eigenvalue weighted by atomic mass is 10.1. The molecular weight excluding hydrogens is 351 g/mol. The van der Waals surface area contributed by atoms with Gasteiger partial charge in [-0.2, -0.15) is 8.42 Å². The molecule has 0 unspecified atom stereocenters. The van der Waals surface area contributed by atoms with Crippen LogP contribution in [-0.2, 0) is 15.0 Å². The predicted molar refractivity (Wildman–Crippen MR) is 79.6 cm³/mol. The van der Waals surface area contributed by atoms with Crippen LogP contribution in [0.25, 0.3) is 0 Å². The van der Waals surface area contributed by atoms with Crippen LogP contribution in [0, 0.1) is 0 Å². The number of carbonyl (C=O) groups excluding carboxylic acids is 1. The van der Waals surface area contributed by atoms with Gasteiger partial charge in [-0.05, 0) is 19.1 Å². The van der Waals surface area contributed by atoms with Crippen molar-refractivity contribution in [2.75, 3.05) is 12.4 Å². The van der Waals surface area contributed by atoms with Crippen molar-refractivity contribution in [3.8, 4) is 5.75 Å². The van der Waals surface area contributed by atoms with Crippen molar-refractivity contribution in [1.82, 2.24) is 4.31 Å². The minimum atomic E-state index is -4.85. The van der Waals surface area contributed by atoms with Crippen molar-refractivity contribution in [2.45, 2.75) is 13.3 Å². The molecule has 0 aliphatic carbocycles. The molecule has 11 heteroatoms. The zero-order valence-electron chi connectivity index (χ0n) is 12.5. The number of anilines is 1. The summed E-state index contributed by atoms with van der Waals surface area (Å²) in [6.07, 6.45) is -3.78. The van der Waals surface area contributed by atoms with E-state index in [9.17, 15) is 26.4 Å². The summed E-state index contributed by atoms with van der Waals surface area (Å²) >= 11 is 0. The molecule has 1 aliphatic rings. The first-order valence-electron chi connectivity index (χ1n) is 6.42. The normalized spacial score (nSPS) is 17.0. The Labute approximate surface area is 135 Å². The van der Waals surface area contributed by atoms with Crippen LogP contribution >= 0.6 is 0 Å². The van der Waals surface area contributed by atoms with Gasteiger partial charge in [0.25, 0.3) is 5.91 Å². The van der Waals surface area contributed by atoms with Crippen LogP contribution in [0.3, 0.4) is 0 Å². The van der Waals surface area contributed by atoms with E-state index in [-0.39, 0.29) is 17.0 Å². The summed E-state index contributed by atoms with van der Waals surface area (Å²) in [5.41, 5.74) is -0.0192. The molecule has 0 radical (unpaired) electrons. The molecule has 1 aromatic carbocycles. The van der Waals surface area contributed by atoms with Gasteiger partial charge in [0.1, 0.15) is 5.75 Å². The summed E-state index contributed by atoms with van der Waals surface area (Å²) in [5, 5.41) is 2.36. The Morgan fingerprint density at radius 2 is 2.00 bits per heavy atom. The van der Waals surface area contributed by atoms with Crippen LogP contribution in [-0.4, -0.2) is 37.8 Å². The van der Waals surface area contributed by atoms with Crippen molar-refractivity contribution < 1.29 is 31.1 Å². The van der Waals surface area contributed by atoms with Crippen molar-refractivity contribution in [3.05, 3.63) is 36.0 Å². The van der Waals surface area contributed by atoms with Crippen molar-refractivity contribution in [1.29, 1.82) is 0 Å². The number of hydrogen-bond acceptors (Lipinski definition) is 4. The lowest BCUT2D eigenvalue weighted by Gasteiger charge is -2.19. The fourth-order valence-corrected chi connectivity index (χ4v) is 2.63. The number of nitrogens with one attached hydrogen (secondary N) is 1. The van der Waals surface area contributed by atoms with E-state index in [1.807, 2.05) is 0 Å². The largest absolute Gasteiger partial charge is 0.573 e. The number of rotatable bonds is 3. The molecule has 1 aromatic rings. The highest BCUT2D eigenvalue weighted by molar-refractivity contribution is 7.88. The summed E-state index contributed by atoms with van der Waals surface area (Å²) in [4.78, 5) is 12.2. The lowest BCUT2D eigenvalue weighted by Crippen LogP contribution is -2.30. The molecule has 1 N–H and O–H groups in total. The van der Waals surface area contributed by atoms with Gasteiger partial charge < -0.3 is 10.1 Å². The van der Waals surface area contributed by atoms with Crippen LogP contribution in [0.2, 0.25) is 0 Å². The number of carbonyl (C=O) groups is 1. The van der Waals surface area contributed by atoms with E-state index in [2.05, 4.69) is 14.5 Å². The topological polar surface area (TPSA) is 88.1 Å². The maximum Gasteiger partial charge on any atom is 0.573 e. The number of hydrogen-bond donors (Lipinski definition) is 1. The van der Waals surface area contributed by atoms with Gasteiger partial charge in [-0.25, -0.2) is 0 Å². The predicted octanol–water partition coefficient (Wildman–Crippen LogP) is 2.06. The molecule has 0 saturated carbocycles. The molecule has 7 nitrogen and oxygen atoms in total. The number of amides is 1. The van der Waals surface area contributed by atoms with Gasteiger partial charge in [0.05, 0.1) is 11.3 Å². The second kappa shape index (κ2) is 6.15. The maximum atomic E-state index is 12.2. The van der Waals surface area contributed by atoms with Gasteiger partial charge in [-0.15, -0.1) is 17.6 Å². The third-order valence-corrected chi connectivity index (χ3v) is 4.22. The Morgan fingerprint density at radius 3 is 2.62 bits per heavy atom. The number of ether oxygens (including phenoxy) is 1. The molecule has 0 spiro atoms. The zero-order chi connectivity index (χ0) is 18.1. The van der Waals surface area contributed by atoms with E-state index in [1.165, 1.54) is 26.1 Å². The number of halogens is 3. The van der Waals surface area contributed by atoms with E-state index in [0.717, 1.165) is 22.6 Å². The minimum absolute atomic E-state index is 0.0329. The van der Waals surface area contributed by atoms with Gasteiger partial charge in [0.15, 0.2) is 0 Å². The van der Waals surface area contributed by atoms with E-state index in [4.69, 9.17) is 0 Å². The van der Waals surface area contributed by atoms with Gasteiger partial charge in [-0.3, -0.25) is 9.10 Å². The monoisotopic (exact) mass is 363 g/mol. The SMILES string of the molecule is CC1=NS(=O)(=O)N(C)C=C1C(=O)Nc1cccc(OC(F)(F)F)c1. The summed E-state index contributed by atoms with van der Waals surface area (Å²) in [5.74, 6) is -1.22. The molecule has 130 valence electrons. The number of nitrogens with zero attached hydrogens (tertiary/aromatic N) is 2. The molecule has 0 bridgehead atoms. The van der Waals surface area contributed by atoms with Crippen LogP contribution in [0.5, 0.6) is 5.75 Å². The standard InChI is InChI=1S/C13H12F3N3O4S/c1-8-11(7-19(2)24(21,22)18-8)12(20)17-9-4-3-5-10(6-9)23-13(14,15)16/h3-7H,1-2H3,(H,17,20). The zero-order valence-corrected chi connectivity index (χ0v) is 13.3. The first kappa shape index (κ1) is 17.8. The van der Waals surface area contributed by atoms with Crippen LogP contribution in [0.4, 0.5) is 18.9 Å². The van der Waals surface area contributed by atoms with Gasteiger partial charge in [0.2, 0.25) is 0 Å². The smallest absolute Gasteiger partial charge is 0.406 e. The maximum absolute atomic E-state index is 12.2. The van der Waals surface area contributed by atoms with Gasteiger partial charge in [-0.1, -0.05) is 6.07 Å². The summed E-state index contributed by atoms with van der Waals surface area (Å²) in [6.45, 7) is 1.33. The number of alkyl halides is 3. The van der Waals surface area contributed by atoms with E-state index < -0.39 is 28.2 Å². The highest BCUT2D eigenvalue weighted by atomic mass is 32.2. The lowest BCUT2D eigenvalue weighted by molar-refractivity contribution is -0.274. The van der Waals surface area contributed by atoms with E-state index in [1.54, 1.807) is 0 Å². The third-order valence-electron chi connectivity index (χ3n) is 2.89. The molecule has 0 saturated heterocycles. The van der Waals surface area contributed by atoms with Crippen LogP contribution in [0.1, 0.15) is 6.92 Å². The average molecular weight is 363 g/mol. The van der Waals surface area contributed by atoms with Crippen LogP contribution < -0.4 is 10.1 Å². The molecular formula is C13H12F3N3O4S. The number of benzene rings is 1. The highest BCUT2D eigenvalue weighted by Gasteiger charge is 2.31. The third kappa shape index (κ3) is 4.25. The first-order chi connectivity index (χ1) is 11.0. The molecule has 0 fully saturated rings. The second-order valence-electron chi connectivity index (χ2n) is 4.74. The van der Waals surface area contributed by atoms with Crippen molar-refractivity contribution in [2.24, 2.45) is 4.40 Å². The molecule has 1 heterocycles. The first-order valence-corrected chi connectivity index (χ1v) is 7.81. The quantitative estimate of drug-likeness (QED) is 0.890. The highest BCUT2D eigenvalue weighted by Crippen LogP contribution is 2.25. The van der Waals surface area contributed by atoms with Gasteiger partial charge in [0, 0.05) is 25.0 Å². The van der Waals surface area contributed by atoms with Crippen molar-refractivity contribution >= 4 is 27.5 Å². The fourth-order valence-electron chi connectivity index (χ4n) is 1.82. The Bertz CT molecular complexity index is 831. The molecule has 0 aromatic heterocycles. The second-order valence-corrected chi connectivity index (χ2v) is 6.40. The van der Waals surface area contributed by atoms with Crippen molar-refractivity contribution in [3.63, 3.8) is 0 Å². The van der Waals surface area contributed by atoms with E-state index in [0.29, 0.717) is 0 Å². The minimum Gasteiger partial charge on any atom is -0.406 e. The molecule has 1 amide bonds. The fraction of sp³-hybridized carbons (Fsp3) is 0.231. The Hall–Kier alpha value is -2.56. The average Bonchev–Trinajstić information content (AvgIpc) is 2.40. The van der Waals surface area contributed by atoms with Crippen LogP contribution in [0.15, 0.2) is 40.4 Å². The Balaban J connectivity index is 2.19. The Kier molecular flexibility index (Phi) is 4.56. The van der Waals surface area contributed by atoms with E-state index >= 15 is 0 Å². The Morgan fingerprint density at radius 1 is 1.33 bits per heavy atom. The summed E-state index contributed by atoms with van der Waals surface area (Å²) < 4.78 is 67.6. The summed E-state index contributed by atoms with van der Waals surface area (Å²) in [7, 11) is -2.65. The molecule has 2 rings (SSSR count). The molecule has 24 heavy (non-hydrogen) atoms. The molecule has 1 aliphatic heterocycles.